The lowest BCUT2D eigenvalue weighted by Crippen LogP contribution is -2.36. The summed E-state index contributed by atoms with van der Waals surface area (Å²) in [5, 5.41) is 0. The third-order valence-corrected chi connectivity index (χ3v) is 3.60. The molecule has 0 unspecified atom stereocenters. The monoisotopic (exact) mass is 264 g/mol. The van der Waals surface area contributed by atoms with Crippen LogP contribution in [0.5, 0.6) is 5.75 Å². The van der Waals surface area contributed by atoms with Gasteiger partial charge in [-0.05, 0) is 31.4 Å². The van der Waals surface area contributed by atoms with Gasteiger partial charge in [0.05, 0.1) is 18.4 Å². The molecule has 1 heterocycles. The first kappa shape index (κ1) is 14.0. The molecule has 2 rings (SSSR count). The van der Waals surface area contributed by atoms with Gasteiger partial charge in [0.1, 0.15) is 5.75 Å². The Kier molecular flexibility index (Phi) is 4.91. The fourth-order valence-corrected chi connectivity index (χ4v) is 2.41. The van der Waals surface area contributed by atoms with Gasteiger partial charge in [-0.25, -0.2) is 0 Å². The molecular weight excluding hydrogens is 240 g/mol. The molecule has 1 fully saturated rings. The molecule has 1 aromatic rings. The van der Waals surface area contributed by atoms with Crippen molar-refractivity contribution in [3.63, 3.8) is 0 Å². The van der Waals surface area contributed by atoms with E-state index in [-0.39, 0.29) is 0 Å². The molecule has 0 amide bonds. The van der Waals surface area contributed by atoms with E-state index in [0.29, 0.717) is 18.4 Å². The van der Waals surface area contributed by atoms with Gasteiger partial charge in [-0.1, -0.05) is 6.92 Å². The summed E-state index contributed by atoms with van der Waals surface area (Å²) in [6.07, 6.45) is 3.54. The van der Waals surface area contributed by atoms with Crippen LogP contribution in [-0.2, 0) is 4.74 Å². The van der Waals surface area contributed by atoms with Crippen molar-refractivity contribution in [2.75, 3.05) is 37.4 Å². The second kappa shape index (κ2) is 6.66. The van der Waals surface area contributed by atoms with Crippen LogP contribution in [0.3, 0.4) is 0 Å². The predicted molar refractivity (Wildman–Crippen MR) is 78.9 cm³/mol. The first-order valence-electron chi connectivity index (χ1n) is 7.04. The normalized spacial score (nSPS) is 16.6. The number of rotatable bonds is 5. The highest BCUT2D eigenvalue weighted by molar-refractivity contribution is 5.62. The third-order valence-electron chi connectivity index (χ3n) is 3.60. The van der Waals surface area contributed by atoms with Crippen LogP contribution in [0.4, 0.5) is 11.4 Å². The molecule has 0 atom stereocenters. The summed E-state index contributed by atoms with van der Waals surface area (Å²) >= 11 is 0. The fraction of sp³-hybridized carbons (Fsp3) is 0.600. The van der Waals surface area contributed by atoms with Crippen molar-refractivity contribution in [3.05, 3.63) is 18.2 Å². The summed E-state index contributed by atoms with van der Waals surface area (Å²) in [5.74, 6) is 0.799. The number of nitrogens with zero attached hydrogens (tertiary/aromatic N) is 1. The fourth-order valence-electron chi connectivity index (χ4n) is 2.41. The Labute approximate surface area is 115 Å². The minimum atomic E-state index is 0.404. The molecule has 19 heavy (non-hydrogen) atoms. The number of piperidine rings is 1. The van der Waals surface area contributed by atoms with Crippen LogP contribution in [0, 0.1) is 0 Å². The number of hydrogen-bond acceptors (Lipinski definition) is 4. The summed E-state index contributed by atoms with van der Waals surface area (Å²) in [4.78, 5) is 2.37. The summed E-state index contributed by atoms with van der Waals surface area (Å²) in [7, 11) is 1.79. The van der Waals surface area contributed by atoms with E-state index in [9.17, 15) is 0 Å². The van der Waals surface area contributed by atoms with E-state index in [1.165, 1.54) is 5.69 Å². The molecule has 106 valence electrons. The van der Waals surface area contributed by atoms with Crippen molar-refractivity contribution in [2.45, 2.75) is 32.3 Å². The van der Waals surface area contributed by atoms with Crippen LogP contribution in [0.1, 0.15) is 26.2 Å². The summed E-state index contributed by atoms with van der Waals surface area (Å²) < 4.78 is 11.1. The smallest absolute Gasteiger partial charge is 0.144 e. The highest BCUT2D eigenvalue weighted by atomic mass is 16.5. The van der Waals surface area contributed by atoms with E-state index < -0.39 is 0 Å². The Balaban J connectivity index is 2.04. The molecule has 0 saturated carbocycles. The van der Waals surface area contributed by atoms with Crippen molar-refractivity contribution in [3.8, 4) is 5.75 Å². The van der Waals surface area contributed by atoms with Gasteiger partial charge in [0, 0.05) is 32.0 Å². The minimum Gasteiger partial charge on any atom is -0.491 e. The second-order valence-electron chi connectivity index (χ2n) is 4.99. The van der Waals surface area contributed by atoms with E-state index in [1.54, 1.807) is 7.11 Å². The van der Waals surface area contributed by atoms with Gasteiger partial charge in [0.15, 0.2) is 0 Å². The molecule has 0 spiro atoms. The zero-order valence-electron chi connectivity index (χ0n) is 11.9. The molecule has 0 radical (unpaired) electrons. The maximum Gasteiger partial charge on any atom is 0.144 e. The van der Waals surface area contributed by atoms with Crippen LogP contribution < -0.4 is 15.4 Å². The lowest BCUT2D eigenvalue weighted by molar-refractivity contribution is 0.0819. The molecule has 1 aromatic carbocycles. The van der Waals surface area contributed by atoms with E-state index in [4.69, 9.17) is 15.2 Å². The number of hydrogen-bond donors (Lipinski definition) is 1. The molecular formula is C15H24N2O2. The zero-order valence-corrected chi connectivity index (χ0v) is 11.9. The molecule has 4 nitrogen and oxygen atoms in total. The molecule has 1 aliphatic rings. The summed E-state index contributed by atoms with van der Waals surface area (Å²) in [6.45, 7) is 4.85. The van der Waals surface area contributed by atoms with Gasteiger partial charge in [-0.3, -0.25) is 0 Å². The standard InChI is InChI=1S/C15H24N2O2/c1-3-10-19-15-11-12(4-5-14(15)16)17-8-6-13(18-2)7-9-17/h4-5,11,13H,3,6-10,16H2,1-2H3. The van der Waals surface area contributed by atoms with Gasteiger partial charge in [-0.15, -0.1) is 0 Å². The number of ether oxygens (including phenoxy) is 2. The number of anilines is 2. The van der Waals surface area contributed by atoms with Crippen molar-refractivity contribution >= 4 is 11.4 Å². The zero-order chi connectivity index (χ0) is 13.7. The van der Waals surface area contributed by atoms with Gasteiger partial charge >= 0.3 is 0 Å². The van der Waals surface area contributed by atoms with Crippen LogP contribution in [-0.4, -0.2) is 32.9 Å². The molecule has 0 aromatic heterocycles. The van der Waals surface area contributed by atoms with E-state index >= 15 is 0 Å². The van der Waals surface area contributed by atoms with Crippen LogP contribution in [0.25, 0.3) is 0 Å². The van der Waals surface area contributed by atoms with Crippen LogP contribution in [0.2, 0.25) is 0 Å². The SMILES string of the molecule is CCCOc1cc(N2CCC(OC)CC2)ccc1N. The summed E-state index contributed by atoms with van der Waals surface area (Å²) in [5.41, 5.74) is 7.84. The van der Waals surface area contributed by atoms with Gasteiger partial charge in [0.2, 0.25) is 0 Å². The van der Waals surface area contributed by atoms with E-state index in [2.05, 4.69) is 24.0 Å². The third kappa shape index (κ3) is 3.53. The van der Waals surface area contributed by atoms with E-state index in [1.807, 2.05) is 6.07 Å². The highest BCUT2D eigenvalue weighted by Gasteiger charge is 2.19. The van der Waals surface area contributed by atoms with Crippen LogP contribution >= 0.6 is 0 Å². The number of nitrogens with two attached hydrogens (primary N) is 1. The maximum atomic E-state index is 5.94. The maximum absolute atomic E-state index is 5.94. The molecule has 4 heteroatoms. The average Bonchev–Trinajstić information content (AvgIpc) is 2.46. The van der Waals surface area contributed by atoms with Gasteiger partial charge in [0.25, 0.3) is 0 Å². The van der Waals surface area contributed by atoms with E-state index in [0.717, 1.165) is 38.1 Å². The molecule has 0 bridgehead atoms. The Morgan fingerprint density at radius 1 is 1.32 bits per heavy atom. The van der Waals surface area contributed by atoms with Crippen LogP contribution in [0.15, 0.2) is 18.2 Å². The van der Waals surface area contributed by atoms with Gasteiger partial charge < -0.3 is 20.1 Å². The van der Waals surface area contributed by atoms with Crippen molar-refractivity contribution in [1.82, 2.24) is 0 Å². The Bertz CT molecular complexity index is 401. The number of nitrogen functional groups attached to an aromatic ring is 1. The Morgan fingerprint density at radius 3 is 2.68 bits per heavy atom. The topological polar surface area (TPSA) is 47.7 Å². The quantitative estimate of drug-likeness (QED) is 0.831. The number of methoxy groups -OCH3 is 1. The molecule has 1 saturated heterocycles. The molecule has 1 aliphatic heterocycles. The number of benzene rings is 1. The Hall–Kier alpha value is -1.42. The molecule has 0 aliphatic carbocycles. The van der Waals surface area contributed by atoms with Crippen molar-refractivity contribution < 1.29 is 9.47 Å². The average molecular weight is 264 g/mol. The first-order valence-corrected chi connectivity index (χ1v) is 7.04. The first-order chi connectivity index (χ1) is 9.24. The largest absolute Gasteiger partial charge is 0.491 e. The van der Waals surface area contributed by atoms with Crippen molar-refractivity contribution in [1.29, 1.82) is 0 Å². The Morgan fingerprint density at radius 2 is 2.05 bits per heavy atom. The summed E-state index contributed by atoms with van der Waals surface area (Å²) in [6, 6.07) is 6.06. The minimum absolute atomic E-state index is 0.404. The molecule has 2 N–H and O–H groups in total. The lowest BCUT2D eigenvalue weighted by atomic mass is 10.1. The highest BCUT2D eigenvalue weighted by Crippen LogP contribution is 2.29. The predicted octanol–water partition coefficient (Wildman–Crippen LogP) is 2.67. The van der Waals surface area contributed by atoms with Crippen molar-refractivity contribution in [2.24, 2.45) is 0 Å². The lowest BCUT2D eigenvalue weighted by Gasteiger charge is -2.33. The van der Waals surface area contributed by atoms with Gasteiger partial charge in [-0.2, -0.15) is 0 Å². The second-order valence-corrected chi connectivity index (χ2v) is 4.99.